The molecule has 0 fully saturated rings. The quantitative estimate of drug-likeness (QED) is 0.554. The molecule has 4 nitrogen and oxygen atoms in total. The van der Waals surface area contributed by atoms with E-state index < -0.39 is 0 Å². The van der Waals surface area contributed by atoms with Crippen LogP contribution in [0.15, 0.2) is 31.0 Å². The third-order valence-corrected chi connectivity index (χ3v) is 1.95. The van der Waals surface area contributed by atoms with Gasteiger partial charge in [-0.1, -0.05) is 6.08 Å². The lowest BCUT2D eigenvalue weighted by molar-refractivity contribution is 0.112. The summed E-state index contributed by atoms with van der Waals surface area (Å²) in [5.74, 6) is 0.731. The summed E-state index contributed by atoms with van der Waals surface area (Å²) in [6.07, 6.45) is 4.00. The molecular formula is C11H14N2O2. The third kappa shape index (κ3) is 3.18. The lowest BCUT2D eigenvalue weighted by Crippen LogP contribution is -2.27. The highest BCUT2D eigenvalue weighted by Gasteiger charge is 2.04. The number of pyridine rings is 1. The standard InChI is InChI=1S/C11H14N2O2/c1-2-5-13(6-7-14)11-4-3-10(9-15)8-12-11/h2-4,8-9,14H,1,5-7H2. The van der Waals surface area contributed by atoms with Crippen LogP contribution in [0, 0.1) is 0 Å². The van der Waals surface area contributed by atoms with Gasteiger partial charge in [0.15, 0.2) is 6.29 Å². The van der Waals surface area contributed by atoms with E-state index in [1.165, 1.54) is 6.20 Å². The summed E-state index contributed by atoms with van der Waals surface area (Å²) in [7, 11) is 0. The fourth-order valence-electron chi connectivity index (χ4n) is 1.23. The van der Waals surface area contributed by atoms with Crippen LogP contribution < -0.4 is 4.90 Å². The number of anilines is 1. The Balaban J connectivity index is 2.80. The zero-order valence-corrected chi connectivity index (χ0v) is 8.47. The second-order valence-corrected chi connectivity index (χ2v) is 3.03. The van der Waals surface area contributed by atoms with Crippen LogP contribution in [-0.2, 0) is 0 Å². The summed E-state index contributed by atoms with van der Waals surface area (Å²) < 4.78 is 0. The van der Waals surface area contributed by atoms with E-state index >= 15 is 0 Å². The first-order valence-electron chi connectivity index (χ1n) is 4.69. The van der Waals surface area contributed by atoms with Crippen molar-refractivity contribution in [1.82, 2.24) is 4.98 Å². The van der Waals surface area contributed by atoms with Gasteiger partial charge in [-0.25, -0.2) is 4.98 Å². The molecule has 0 aliphatic heterocycles. The molecule has 0 aliphatic rings. The normalized spacial score (nSPS) is 9.67. The van der Waals surface area contributed by atoms with Gasteiger partial charge in [0.05, 0.1) is 6.61 Å². The molecule has 4 heteroatoms. The van der Waals surface area contributed by atoms with E-state index in [1.807, 2.05) is 4.90 Å². The van der Waals surface area contributed by atoms with Crippen molar-refractivity contribution in [2.45, 2.75) is 0 Å². The fraction of sp³-hybridized carbons (Fsp3) is 0.273. The van der Waals surface area contributed by atoms with Gasteiger partial charge < -0.3 is 10.0 Å². The Morgan fingerprint density at radius 3 is 2.80 bits per heavy atom. The summed E-state index contributed by atoms with van der Waals surface area (Å²) >= 11 is 0. The second kappa shape index (κ2) is 5.93. The molecule has 80 valence electrons. The molecule has 15 heavy (non-hydrogen) atoms. The van der Waals surface area contributed by atoms with Crippen LogP contribution in [0.1, 0.15) is 10.4 Å². The number of aliphatic hydroxyl groups excluding tert-OH is 1. The Bertz CT molecular complexity index is 322. The molecule has 0 saturated heterocycles. The first-order valence-corrected chi connectivity index (χ1v) is 4.69. The monoisotopic (exact) mass is 206 g/mol. The second-order valence-electron chi connectivity index (χ2n) is 3.03. The predicted molar refractivity (Wildman–Crippen MR) is 59.1 cm³/mol. The first-order chi connectivity index (χ1) is 7.31. The van der Waals surface area contributed by atoms with E-state index in [0.717, 1.165) is 12.1 Å². The number of hydrogen-bond acceptors (Lipinski definition) is 4. The number of aromatic nitrogens is 1. The van der Waals surface area contributed by atoms with E-state index in [9.17, 15) is 4.79 Å². The van der Waals surface area contributed by atoms with Gasteiger partial charge in [-0.05, 0) is 12.1 Å². The summed E-state index contributed by atoms with van der Waals surface area (Å²) in [5, 5.41) is 8.87. The minimum absolute atomic E-state index is 0.0605. The molecule has 1 aromatic heterocycles. The van der Waals surface area contributed by atoms with Gasteiger partial charge >= 0.3 is 0 Å². The highest BCUT2D eigenvalue weighted by atomic mass is 16.3. The average molecular weight is 206 g/mol. The van der Waals surface area contributed by atoms with Gasteiger partial charge in [-0.3, -0.25) is 4.79 Å². The molecule has 0 aliphatic carbocycles. The van der Waals surface area contributed by atoms with Crippen LogP contribution in [0.2, 0.25) is 0 Å². The molecule has 1 N–H and O–H groups in total. The molecule has 0 unspecified atom stereocenters. The Morgan fingerprint density at radius 2 is 2.33 bits per heavy atom. The van der Waals surface area contributed by atoms with Crippen LogP contribution in [0.4, 0.5) is 5.82 Å². The van der Waals surface area contributed by atoms with Crippen molar-refractivity contribution in [2.24, 2.45) is 0 Å². The van der Waals surface area contributed by atoms with Crippen molar-refractivity contribution in [3.63, 3.8) is 0 Å². The topological polar surface area (TPSA) is 53.4 Å². The fourth-order valence-corrected chi connectivity index (χ4v) is 1.23. The van der Waals surface area contributed by atoms with Crippen molar-refractivity contribution in [2.75, 3.05) is 24.6 Å². The van der Waals surface area contributed by atoms with Crippen LogP contribution >= 0.6 is 0 Å². The average Bonchev–Trinajstić information content (AvgIpc) is 2.29. The SMILES string of the molecule is C=CCN(CCO)c1ccc(C=O)cn1. The minimum atomic E-state index is 0.0605. The van der Waals surface area contributed by atoms with E-state index in [1.54, 1.807) is 18.2 Å². The molecule has 0 amide bonds. The number of aliphatic hydroxyl groups is 1. The van der Waals surface area contributed by atoms with Gasteiger partial charge in [-0.2, -0.15) is 0 Å². The van der Waals surface area contributed by atoms with E-state index in [-0.39, 0.29) is 6.61 Å². The zero-order valence-electron chi connectivity index (χ0n) is 8.47. The molecule has 1 heterocycles. The Kier molecular flexibility index (Phi) is 4.50. The molecule has 0 atom stereocenters. The van der Waals surface area contributed by atoms with E-state index in [2.05, 4.69) is 11.6 Å². The highest BCUT2D eigenvalue weighted by Crippen LogP contribution is 2.09. The minimum Gasteiger partial charge on any atom is -0.395 e. The number of nitrogens with zero attached hydrogens (tertiary/aromatic N) is 2. The summed E-state index contributed by atoms with van der Waals surface area (Å²) in [6, 6.07) is 3.45. The Morgan fingerprint density at radius 1 is 1.53 bits per heavy atom. The van der Waals surface area contributed by atoms with Crippen LogP contribution in [0.3, 0.4) is 0 Å². The van der Waals surface area contributed by atoms with Crippen molar-refractivity contribution < 1.29 is 9.90 Å². The van der Waals surface area contributed by atoms with Gasteiger partial charge in [0.1, 0.15) is 5.82 Å². The molecule has 0 bridgehead atoms. The first kappa shape index (κ1) is 11.4. The number of carbonyl (C=O) groups is 1. The summed E-state index contributed by atoms with van der Waals surface area (Å²) in [6.45, 7) is 4.81. The molecule has 1 aromatic rings. The Labute approximate surface area is 88.9 Å². The summed E-state index contributed by atoms with van der Waals surface area (Å²) in [5.41, 5.74) is 0.543. The summed E-state index contributed by atoms with van der Waals surface area (Å²) in [4.78, 5) is 16.4. The maximum absolute atomic E-state index is 10.4. The van der Waals surface area contributed by atoms with Crippen molar-refractivity contribution in [1.29, 1.82) is 0 Å². The van der Waals surface area contributed by atoms with Crippen molar-refractivity contribution in [3.8, 4) is 0 Å². The van der Waals surface area contributed by atoms with Gasteiger partial charge in [0.2, 0.25) is 0 Å². The van der Waals surface area contributed by atoms with E-state index in [4.69, 9.17) is 5.11 Å². The maximum atomic E-state index is 10.4. The molecule has 0 saturated carbocycles. The molecule has 0 aromatic carbocycles. The molecule has 0 spiro atoms. The largest absolute Gasteiger partial charge is 0.395 e. The predicted octanol–water partition coefficient (Wildman–Crippen LogP) is 0.879. The zero-order chi connectivity index (χ0) is 11.1. The lowest BCUT2D eigenvalue weighted by Gasteiger charge is -2.20. The van der Waals surface area contributed by atoms with Crippen LogP contribution in [-0.4, -0.2) is 36.1 Å². The highest BCUT2D eigenvalue weighted by molar-refractivity contribution is 5.74. The number of aldehydes is 1. The number of carbonyl (C=O) groups excluding carboxylic acids is 1. The molecule has 0 radical (unpaired) electrons. The lowest BCUT2D eigenvalue weighted by atomic mass is 10.3. The van der Waals surface area contributed by atoms with E-state index in [0.29, 0.717) is 18.7 Å². The molecular weight excluding hydrogens is 192 g/mol. The van der Waals surface area contributed by atoms with Crippen LogP contribution in [0.25, 0.3) is 0 Å². The van der Waals surface area contributed by atoms with Crippen molar-refractivity contribution >= 4 is 12.1 Å². The van der Waals surface area contributed by atoms with Crippen molar-refractivity contribution in [3.05, 3.63) is 36.5 Å². The van der Waals surface area contributed by atoms with Gasteiger partial charge in [-0.15, -0.1) is 6.58 Å². The van der Waals surface area contributed by atoms with Crippen LogP contribution in [0.5, 0.6) is 0 Å². The van der Waals surface area contributed by atoms with Gasteiger partial charge in [0.25, 0.3) is 0 Å². The number of hydrogen-bond donors (Lipinski definition) is 1. The number of rotatable bonds is 6. The Hall–Kier alpha value is -1.68. The molecule has 1 rings (SSSR count). The maximum Gasteiger partial charge on any atom is 0.151 e. The smallest absolute Gasteiger partial charge is 0.151 e. The third-order valence-electron chi connectivity index (χ3n) is 1.95. The van der Waals surface area contributed by atoms with Gasteiger partial charge in [0, 0.05) is 24.8 Å².